The Balaban J connectivity index is 1.27. The minimum Gasteiger partial charge on any atom is -0.493 e. The number of nitrogens with one attached hydrogen (secondary N) is 1. The average Bonchev–Trinajstić information content (AvgIpc) is 2.96. The number of hydrogen-bond acceptors (Lipinski definition) is 9. The molecule has 2 aromatic heterocycles. The summed E-state index contributed by atoms with van der Waals surface area (Å²) in [7, 11) is 1.63. The molecule has 1 aliphatic heterocycles. The molecule has 0 aliphatic carbocycles. The van der Waals surface area contributed by atoms with Crippen LogP contribution in [0, 0.1) is 0 Å². The molecule has 4 aromatic rings. The lowest BCUT2D eigenvalue weighted by molar-refractivity contribution is 0.0357. The molecule has 1 fully saturated rings. The summed E-state index contributed by atoms with van der Waals surface area (Å²) in [6, 6.07) is 15.0. The van der Waals surface area contributed by atoms with Crippen molar-refractivity contribution in [3.8, 4) is 17.2 Å². The van der Waals surface area contributed by atoms with Crippen LogP contribution in [0.1, 0.15) is 12.1 Å². The number of methoxy groups -OCH3 is 1. The number of rotatable bonds is 11. The number of benzene rings is 2. The molecular formula is C28H30ClN5O4. The minimum atomic E-state index is 0.334. The van der Waals surface area contributed by atoms with Gasteiger partial charge in [-0.25, -0.2) is 9.97 Å². The number of aromatic nitrogens is 3. The Hall–Kier alpha value is -3.66. The van der Waals surface area contributed by atoms with E-state index in [0.29, 0.717) is 41.3 Å². The third kappa shape index (κ3) is 6.61. The predicted molar refractivity (Wildman–Crippen MR) is 147 cm³/mol. The van der Waals surface area contributed by atoms with E-state index in [0.717, 1.165) is 61.6 Å². The molecule has 10 heteroatoms. The normalized spacial score (nSPS) is 13.8. The van der Waals surface area contributed by atoms with E-state index >= 15 is 0 Å². The van der Waals surface area contributed by atoms with Crippen LogP contribution in [-0.4, -0.2) is 66.4 Å². The van der Waals surface area contributed by atoms with Crippen LogP contribution in [-0.2, 0) is 11.3 Å². The molecular weight excluding hydrogens is 506 g/mol. The van der Waals surface area contributed by atoms with Crippen LogP contribution in [0.5, 0.6) is 17.2 Å². The van der Waals surface area contributed by atoms with Crippen LogP contribution in [0.15, 0.2) is 61.1 Å². The fourth-order valence-electron chi connectivity index (χ4n) is 4.20. The van der Waals surface area contributed by atoms with E-state index in [1.165, 1.54) is 6.33 Å². The third-order valence-corrected chi connectivity index (χ3v) is 6.49. The lowest BCUT2D eigenvalue weighted by Crippen LogP contribution is -2.37. The van der Waals surface area contributed by atoms with Gasteiger partial charge in [0, 0.05) is 43.0 Å². The first-order valence-corrected chi connectivity index (χ1v) is 12.9. The van der Waals surface area contributed by atoms with Gasteiger partial charge < -0.3 is 24.3 Å². The Bertz CT molecular complexity index is 1350. The molecule has 2 aromatic carbocycles. The molecule has 9 nitrogen and oxygen atoms in total. The summed E-state index contributed by atoms with van der Waals surface area (Å²) in [5, 5.41) is 4.64. The molecule has 1 saturated heterocycles. The highest BCUT2D eigenvalue weighted by molar-refractivity contribution is 6.32. The van der Waals surface area contributed by atoms with E-state index in [2.05, 4.69) is 25.2 Å². The van der Waals surface area contributed by atoms with E-state index in [9.17, 15) is 0 Å². The maximum absolute atomic E-state index is 6.51. The van der Waals surface area contributed by atoms with E-state index in [4.69, 9.17) is 30.5 Å². The fourth-order valence-corrected chi connectivity index (χ4v) is 4.43. The SMILES string of the molecule is COc1cc2ncnc(Nc3ccc(OCc4ccccn4)c(Cl)c3)c2cc1OCCCN1CCOCC1. The molecule has 0 amide bonds. The number of fused-ring (bicyclic) bond motifs is 1. The van der Waals surface area contributed by atoms with Crippen molar-refractivity contribution in [3.63, 3.8) is 0 Å². The molecule has 3 heterocycles. The molecule has 0 radical (unpaired) electrons. The summed E-state index contributed by atoms with van der Waals surface area (Å²) in [6.07, 6.45) is 4.15. The Morgan fingerprint density at radius 1 is 0.974 bits per heavy atom. The molecule has 0 unspecified atom stereocenters. The number of morpholine rings is 1. The number of ether oxygens (including phenoxy) is 4. The van der Waals surface area contributed by atoms with Crippen LogP contribution in [0.4, 0.5) is 11.5 Å². The molecule has 0 atom stereocenters. The van der Waals surface area contributed by atoms with Gasteiger partial charge in [0.05, 0.1) is 43.2 Å². The van der Waals surface area contributed by atoms with Gasteiger partial charge >= 0.3 is 0 Å². The van der Waals surface area contributed by atoms with Crippen LogP contribution < -0.4 is 19.5 Å². The zero-order valence-electron chi connectivity index (χ0n) is 21.2. The quantitative estimate of drug-likeness (QED) is 0.263. The average molecular weight is 536 g/mol. The van der Waals surface area contributed by atoms with Gasteiger partial charge in [0.25, 0.3) is 0 Å². The monoisotopic (exact) mass is 535 g/mol. The Morgan fingerprint density at radius 3 is 2.66 bits per heavy atom. The van der Waals surface area contributed by atoms with Crippen molar-refractivity contribution in [1.29, 1.82) is 0 Å². The van der Waals surface area contributed by atoms with Crippen molar-refractivity contribution in [2.45, 2.75) is 13.0 Å². The van der Waals surface area contributed by atoms with Gasteiger partial charge in [-0.3, -0.25) is 9.88 Å². The van der Waals surface area contributed by atoms with Gasteiger partial charge in [-0.15, -0.1) is 0 Å². The second-order valence-corrected chi connectivity index (χ2v) is 9.19. The zero-order valence-corrected chi connectivity index (χ0v) is 22.0. The van der Waals surface area contributed by atoms with Crippen LogP contribution in [0.2, 0.25) is 5.02 Å². The van der Waals surface area contributed by atoms with Crippen molar-refractivity contribution in [2.75, 3.05) is 51.9 Å². The van der Waals surface area contributed by atoms with Gasteiger partial charge in [0.1, 0.15) is 24.5 Å². The van der Waals surface area contributed by atoms with Crippen LogP contribution in [0.25, 0.3) is 10.9 Å². The lowest BCUT2D eigenvalue weighted by atomic mass is 10.2. The minimum absolute atomic E-state index is 0.334. The Kier molecular flexibility index (Phi) is 8.70. The second-order valence-electron chi connectivity index (χ2n) is 8.78. The molecule has 1 aliphatic rings. The van der Waals surface area contributed by atoms with Crippen molar-refractivity contribution < 1.29 is 18.9 Å². The summed E-state index contributed by atoms with van der Waals surface area (Å²) >= 11 is 6.51. The topological polar surface area (TPSA) is 90.9 Å². The second kappa shape index (κ2) is 12.7. The molecule has 38 heavy (non-hydrogen) atoms. The van der Waals surface area contributed by atoms with Crippen molar-refractivity contribution in [3.05, 3.63) is 71.8 Å². The Labute approximate surface area is 226 Å². The predicted octanol–water partition coefficient (Wildman–Crippen LogP) is 5.11. The fraction of sp³-hybridized carbons (Fsp3) is 0.321. The molecule has 198 valence electrons. The van der Waals surface area contributed by atoms with Crippen molar-refractivity contribution >= 4 is 34.0 Å². The van der Waals surface area contributed by atoms with E-state index in [1.54, 1.807) is 19.4 Å². The van der Waals surface area contributed by atoms with E-state index in [1.807, 2.05) is 42.5 Å². The van der Waals surface area contributed by atoms with Gasteiger partial charge in [-0.05, 0) is 42.8 Å². The molecule has 1 N–H and O–H groups in total. The van der Waals surface area contributed by atoms with Crippen molar-refractivity contribution in [2.24, 2.45) is 0 Å². The smallest absolute Gasteiger partial charge is 0.162 e. The molecule has 5 rings (SSSR count). The maximum Gasteiger partial charge on any atom is 0.162 e. The van der Waals surface area contributed by atoms with Gasteiger partial charge in [0.2, 0.25) is 0 Å². The van der Waals surface area contributed by atoms with Gasteiger partial charge in [-0.1, -0.05) is 17.7 Å². The summed E-state index contributed by atoms with van der Waals surface area (Å²) in [5.41, 5.74) is 2.33. The van der Waals surface area contributed by atoms with Crippen LogP contribution in [0.3, 0.4) is 0 Å². The Morgan fingerprint density at radius 2 is 1.87 bits per heavy atom. The van der Waals surface area contributed by atoms with E-state index < -0.39 is 0 Å². The number of halogens is 1. The highest BCUT2D eigenvalue weighted by Crippen LogP contribution is 2.36. The standard InChI is InChI=1S/C28H30ClN5O4/c1-35-26-17-24-22(16-27(26)37-12-4-9-34-10-13-36-14-11-34)28(32-19-31-24)33-20-6-7-25(23(29)15-20)38-18-21-5-2-3-8-30-21/h2-3,5-8,15-17,19H,4,9-14,18H2,1H3,(H,31,32,33). The zero-order chi connectivity index (χ0) is 26.2. The highest BCUT2D eigenvalue weighted by atomic mass is 35.5. The van der Waals surface area contributed by atoms with Gasteiger partial charge in [0.15, 0.2) is 11.5 Å². The van der Waals surface area contributed by atoms with Crippen molar-refractivity contribution in [1.82, 2.24) is 19.9 Å². The largest absolute Gasteiger partial charge is 0.493 e. The number of nitrogens with zero attached hydrogens (tertiary/aromatic N) is 4. The summed E-state index contributed by atoms with van der Waals surface area (Å²) in [4.78, 5) is 15.5. The van der Waals surface area contributed by atoms with Gasteiger partial charge in [-0.2, -0.15) is 0 Å². The number of hydrogen-bond donors (Lipinski definition) is 1. The first-order valence-electron chi connectivity index (χ1n) is 12.5. The van der Waals surface area contributed by atoms with E-state index in [-0.39, 0.29) is 0 Å². The number of pyridine rings is 1. The lowest BCUT2D eigenvalue weighted by Gasteiger charge is -2.26. The maximum atomic E-state index is 6.51. The molecule has 0 spiro atoms. The highest BCUT2D eigenvalue weighted by Gasteiger charge is 2.14. The molecule has 0 saturated carbocycles. The molecule has 0 bridgehead atoms. The number of anilines is 2. The summed E-state index contributed by atoms with van der Waals surface area (Å²) in [6.45, 7) is 5.40. The van der Waals surface area contributed by atoms with Crippen LogP contribution >= 0.6 is 11.6 Å². The summed E-state index contributed by atoms with van der Waals surface area (Å²) in [5.74, 6) is 2.49. The summed E-state index contributed by atoms with van der Waals surface area (Å²) < 4.78 is 23.0. The first kappa shape index (κ1) is 26.0. The third-order valence-electron chi connectivity index (χ3n) is 6.20. The first-order chi connectivity index (χ1) is 18.7.